The second-order valence-electron chi connectivity index (χ2n) is 5.90. The molecule has 136 valence electrons. The number of alkyl halides is 3. The van der Waals surface area contributed by atoms with Crippen molar-refractivity contribution in [3.63, 3.8) is 0 Å². The molecule has 3 rings (SSSR count). The number of rotatable bonds is 4. The summed E-state index contributed by atoms with van der Waals surface area (Å²) < 4.78 is 66.5. The van der Waals surface area contributed by atoms with E-state index in [1.807, 2.05) is 0 Å². The Hall–Kier alpha value is -1.45. The number of hydrogen-bond acceptors (Lipinski definition) is 4. The van der Waals surface area contributed by atoms with Crippen LogP contribution < -0.4 is 0 Å². The van der Waals surface area contributed by atoms with Crippen LogP contribution in [0.25, 0.3) is 0 Å². The van der Waals surface area contributed by atoms with Crippen molar-refractivity contribution in [3.05, 3.63) is 52.0 Å². The van der Waals surface area contributed by atoms with E-state index in [-0.39, 0.29) is 5.56 Å². The van der Waals surface area contributed by atoms with Crippen LogP contribution >= 0.6 is 11.3 Å². The zero-order valence-corrected chi connectivity index (χ0v) is 14.9. The van der Waals surface area contributed by atoms with Gasteiger partial charge in [-0.3, -0.25) is 0 Å². The molecule has 2 heterocycles. The van der Waals surface area contributed by atoms with E-state index in [9.17, 15) is 21.6 Å². The van der Waals surface area contributed by atoms with Gasteiger partial charge in [0.25, 0.3) is 0 Å². The Bertz CT molecular complexity index is 820. The molecule has 1 unspecified atom stereocenters. The number of halogens is 3. The first-order valence-corrected chi connectivity index (χ1v) is 10.3. The molecule has 1 atom stereocenters. The number of nitrogens with zero attached hydrogens (tertiary/aromatic N) is 2. The standard InChI is InChI=1S/C16H17F3N2O2S2/c17-16(18,19)13-6-2-1-5-12(13)11-25(22,23)21-9-4-3-7-14(21)15-20-8-10-24-15/h1-2,5-6,8,10,14H,3-4,7,9,11H2. The third-order valence-electron chi connectivity index (χ3n) is 4.21. The highest BCUT2D eigenvalue weighted by Gasteiger charge is 2.38. The van der Waals surface area contributed by atoms with Crippen molar-refractivity contribution in [2.45, 2.75) is 37.2 Å². The molecule has 2 aromatic rings. The predicted octanol–water partition coefficient (Wildman–Crippen LogP) is 4.22. The topological polar surface area (TPSA) is 50.3 Å². The van der Waals surface area contributed by atoms with Gasteiger partial charge in [0.1, 0.15) is 5.01 Å². The highest BCUT2D eigenvalue weighted by molar-refractivity contribution is 7.88. The van der Waals surface area contributed by atoms with Crippen molar-refractivity contribution in [1.82, 2.24) is 9.29 Å². The Morgan fingerprint density at radius 1 is 1.24 bits per heavy atom. The Balaban J connectivity index is 1.91. The molecule has 0 saturated carbocycles. The van der Waals surface area contributed by atoms with Crippen molar-refractivity contribution in [3.8, 4) is 0 Å². The van der Waals surface area contributed by atoms with Crippen LogP contribution in [-0.4, -0.2) is 24.3 Å². The van der Waals surface area contributed by atoms with Gasteiger partial charge >= 0.3 is 6.18 Å². The van der Waals surface area contributed by atoms with Crippen LogP contribution in [0.4, 0.5) is 13.2 Å². The quantitative estimate of drug-likeness (QED) is 0.785. The summed E-state index contributed by atoms with van der Waals surface area (Å²) in [4.78, 5) is 4.20. The second-order valence-corrected chi connectivity index (χ2v) is 8.75. The number of piperidine rings is 1. The first kappa shape index (κ1) is 18.3. The van der Waals surface area contributed by atoms with Crippen LogP contribution in [0.2, 0.25) is 0 Å². The van der Waals surface area contributed by atoms with E-state index in [2.05, 4.69) is 4.98 Å². The van der Waals surface area contributed by atoms with Crippen molar-refractivity contribution in [2.75, 3.05) is 6.54 Å². The number of aromatic nitrogens is 1. The Morgan fingerprint density at radius 3 is 2.68 bits per heavy atom. The predicted molar refractivity (Wildman–Crippen MR) is 89.5 cm³/mol. The molecule has 0 amide bonds. The van der Waals surface area contributed by atoms with Gasteiger partial charge in [-0.25, -0.2) is 13.4 Å². The zero-order valence-electron chi connectivity index (χ0n) is 13.2. The Kier molecular flexibility index (Phi) is 5.17. The number of benzene rings is 1. The fourth-order valence-corrected chi connectivity index (χ4v) is 5.75. The van der Waals surface area contributed by atoms with E-state index >= 15 is 0 Å². The smallest absolute Gasteiger partial charge is 0.248 e. The summed E-state index contributed by atoms with van der Waals surface area (Å²) in [5.74, 6) is -0.662. The first-order chi connectivity index (χ1) is 11.8. The molecular formula is C16H17F3N2O2S2. The van der Waals surface area contributed by atoms with E-state index < -0.39 is 33.6 Å². The lowest BCUT2D eigenvalue weighted by Gasteiger charge is -2.33. The van der Waals surface area contributed by atoms with Gasteiger partial charge in [-0.05, 0) is 24.5 Å². The molecule has 1 aliphatic rings. The average molecular weight is 390 g/mol. The van der Waals surface area contributed by atoms with Crippen molar-refractivity contribution >= 4 is 21.4 Å². The van der Waals surface area contributed by atoms with Gasteiger partial charge in [-0.15, -0.1) is 11.3 Å². The monoisotopic (exact) mass is 390 g/mol. The number of thiazole rings is 1. The maximum Gasteiger partial charge on any atom is 0.416 e. The summed E-state index contributed by atoms with van der Waals surface area (Å²) in [5, 5.41) is 2.46. The summed E-state index contributed by atoms with van der Waals surface area (Å²) in [7, 11) is -3.89. The molecule has 1 aliphatic heterocycles. The van der Waals surface area contributed by atoms with Crippen molar-refractivity contribution < 1.29 is 21.6 Å². The van der Waals surface area contributed by atoms with Crippen LogP contribution in [0, 0.1) is 0 Å². The maximum absolute atomic E-state index is 13.1. The van der Waals surface area contributed by atoms with Gasteiger partial charge in [0.05, 0.1) is 17.4 Å². The third kappa shape index (κ3) is 4.04. The summed E-state index contributed by atoms with van der Waals surface area (Å²) in [6.45, 7) is 0.306. The molecule has 0 spiro atoms. The van der Waals surface area contributed by atoms with Gasteiger partial charge < -0.3 is 0 Å². The minimum absolute atomic E-state index is 0.224. The zero-order chi connectivity index (χ0) is 18.1. The van der Waals surface area contributed by atoms with Gasteiger partial charge in [-0.2, -0.15) is 17.5 Å². The summed E-state index contributed by atoms with van der Waals surface area (Å²) in [6.07, 6.45) is -0.772. The molecule has 0 bridgehead atoms. The molecule has 1 saturated heterocycles. The van der Waals surface area contributed by atoms with Crippen LogP contribution in [-0.2, 0) is 22.0 Å². The van der Waals surface area contributed by atoms with E-state index in [0.717, 1.165) is 12.5 Å². The molecule has 0 aliphatic carbocycles. The van der Waals surface area contributed by atoms with E-state index in [0.29, 0.717) is 24.4 Å². The minimum Gasteiger partial charge on any atom is -0.248 e. The van der Waals surface area contributed by atoms with Gasteiger partial charge in [0, 0.05) is 18.1 Å². The van der Waals surface area contributed by atoms with Gasteiger partial charge in [-0.1, -0.05) is 24.6 Å². The third-order valence-corrected chi connectivity index (χ3v) is 6.91. The second kappa shape index (κ2) is 7.05. The fraction of sp³-hybridized carbons (Fsp3) is 0.438. The van der Waals surface area contributed by atoms with Crippen molar-refractivity contribution in [1.29, 1.82) is 0 Å². The Morgan fingerprint density at radius 2 is 2.00 bits per heavy atom. The van der Waals surface area contributed by atoms with E-state index in [1.165, 1.54) is 33.8 Å². The molecule has 1 fully saturated rings. The minimum atomic E-state index is -4.58. The lowest BCUT2D eigenvalue weighted by Crippen LogP contribution is -2.39. The largest absolute Gasteiger partial charge is 0.416 e. The summed E-state index contributed by atoms with van der Waals surface area (Å²) in [6, 6.07) is 4.44. The maximum atomic E-state index is 13.1. The molecule has 9 heteroatoms. The lowest BCUT2D eigenvalue weighted by atomic mass is 10.1. The summed E-state index contributed by atoms with van der Waals surface area (Å²) >= 11 is 1.37. The fourth-order valence-electron chi connectivity index (χ4n) is 3.09. The van der Waals surface area contributed by atoms with Gasteiger partial charge in [0.2, 0.25) is 10.0 Å². The van der Waals surface area contributed by atoms with Crippen molar-refractivity contribution in [2.24, 2.45) is 0 Å². The molecule has 0 N–H and O–H groups in total. The number of sulfonamides is 1. The van der Waals surface area contributed by atoms with Crippen LogP contribution in [0.1, 0.15) is 41.4 Å². The van der Waals surface area contributed by atoms with Crippen LogP contribution in [0.5, 0.6) is 0 Å². The average Bonchev–Trinajstić information content (AvgIpc) is 3.08. The number of hydrogen-bond donors (Lipinski definition) is 0. The molecule has 1 aromatic heterocycles. The van der Waals surface area contributed by atoms with Gasteiger partial charge in [0.15, 0.2) is 0 Å². The Labute approximate surface area is 148 Å². The molecule has 25 heavy (non-hydrogen) atoms. The summed E-state index contributed by atoms with van der Waals surface area (Å²) in [5.41, 5.74) is -1.13. The highest BCUT2D eigenvalue weighted by atomic mass is 32.2. The lowest BCUT2D eigenvalue weighted by molar-refractivity contribution is -0.138. The molecule has 1 aromatic carbocycles. The van der Waals surface area contributed by atoms with E-state index in [1.54, 1.807) is 11.6 Å². The normalized spacial score (nSPS) is 19.9. The van der Waals surface area contributed by atoms with Crippen LogP contribution in [0.3, 0.4) is 0 Å². The first-order valence-electron chi connectivity index (χ1n) is 7.83. The highest BCUT2D eigenvalue weighted by Crippen LogP contribution is 2.37. The molecular weight excluding hydrogens is 373 g/mol. The molecule has 4 nitrogen and oxygen atoms in total. The SMILES string of the molecule is O=S(=O)(Cc1ccccc1C(F)(F)F)N1CCCCC1c1nccs1. The van der Waals surface area contributed by atoms with E-state index in [4.69, 9.17) is 0 Å². The van der Waals surface area contributed by atoms with Crippen LogP contribution in [0.15, 0.2) is 35.8 Å². The molecule has 0 radical (unpaired) electrons.